The highest BCUT2D eigenvalue weighted by atomic mass is 19.1. The number of carbonyl (C=O) groups is 3. The molecule has 1 aromatic carbocycles. The first-order valence-electron chi connectivity index (χ1n) is 7.00. The Morgan fingerprint density at radius 3 is 2.48 bits per heavy atom. The smallest absolute Gasteiger partial charge is 0.276 e. The quantitative estimate of drug-likeness (QED) is 0.807. The van der Waals surface area contributed by atoms with Crippen molar-refractivity contribution in [2.75, 3.05) is 4.90 Å². The monoisotopic (exact) mass is 290 g/mol. The van der Waals surface area contributed by atoms with E-state index in [0.29, 0.717) is 12.8 Å². The van der Waals surface area contributed by atoms with Crippen molar-refractivity contribution in [1.82, 2.24) is 5.32 Å². The summed E-state index contributed by atoms with van der Waals surface area (Å²) in [6.07, 6.45) is 3.36. The number of hydrogen-bond donors (Lipinski definition) is 1. The second kappa shape index (κ2) is 4.95. The zero-order chi connectivity index (χ0) is 15.0. The van der Waals surface area contributed by atoms with Crippen molar-refractivity contribution in [3.8, 4) is 0 Å². The lowest BCUT2D eigenvalue weighted by Crippen LogP contribution is -2.64. The van der Waals surface area contributed by atoms with Crippen LogP contribution in [0.25, 0.3) is 0 Å². The molecule has 3 rings (SSSR count). The molecule has 1 N–H and O–H groups in total. The zero-order valence-corrected chi connectivity index (χ0v) is 11.4. The summed E-state index contributed by atoms with van der Waals surface area (Å²) in [5, 5.41) is 2.24. The lowest BCUT2D eigenvalue weighted by Gasteiger charge is -2.41. The van der Waals surface area contributed by atoms with Crippen LogP contribution in [0.1, 0.15) is 32.1 Å². The Hall–Kier alpha value is -2.24. The number of benzene rings is 1. The fourth-order valence-corrected chi connectivity index (χ4v) is 3.12. The average Bonchev–Trinajstić information content (AvgIpc) is 2.47. The van der Waals surface area contributed by atoms with E-state index in [1.807, 2.05) is 0 Å². The van der Waals surface area contributed by atoms with Crippen molar-refractivity contribution in [2.45, 2.75) is 32.1 Å². The summed E-state index contributed by atoms with van der Waals surface area (Å²) >= 11 is 0. The molecule has 1 aromatic rings. The van der Waals surface area contributed by atoms with Gasteiger partial charge < -0.3 is 0 Å². The molecular formula is C15H15FN2O3. The number of rotatable bonds is 1. The van der Waals surface area contributed by atoms with Gasteiger partial charge in [0.05, 0.1) is 5.69 Å². The highest BCUT2D eigenvalue weighted by Gasteiger charge is 2.54. The lowest BCUT2D eigenvalue weighted by molar-refractivity contribution is -0.144. The number of nitrogens with one attached hydrogen (secondary N) is 1. The van der Waals surface area contributed by atoms with E-state index in [0.717, 1.165) is 30.2 Å². The van der Waals surface area contributed by atoms with Crippen LogP contribution in [0, 0.1) is 11.2 Å². The third-order valence-corrected chi connectivity index (χ3v) is 4.24. The van der Waals surface area contributed by atoms with E-state index in [1.165, 1.54) is 18.2 Å². The highest BCUT2D eigenvalue weighted by molar-refractivity contribution is 6.29. The van der Waals surface area contributed by atoms with E-state index in [4.69, 9.17) is 0 Å². The Bertz CT molecular complexity index is 623. The molecule has 110 valence electrons. The summed E-state index contributed by atoms with van der Waals surface area (Å²) in [4.78, 5) is 37.8. The van der Waals surface area contributed by atoms with Crippen molar-refractivity contribution in [1.29, 1.82) is 0 Å². The third kappa shape index (κ3) is 2.11. The molecule has 2 fully saturated rings. The highest BCUT2D eigenvalue weighted by Crippen LogP contribution is 2.41. The summed E-state index contributed by atoms with van der Waals surface area (Å²) in [5.41, 5.74) is -1.03. The molecule has 1 spiro atoms. The molecule has 0 aromatic heterocycles. The molecule has 0 atom stereocenters. The Morgan fingerprint density at radius 2 is 1.81 bits per heavy atom. The van der Waals surface area contributed by atoms with E-state index < -0.39 is 29.1 Å². The maximum Gasteiger partial charge on any atom is 0.335 e. The van der Waals surface area contributed by atoms with Gasteiger partial charge in [0, 0.05) is 0 Å². The fourth-order valence-electron chi connectivity index (χ4n) is 3.12. The molecular weight excluding hydrogens is 275 g/mol. The Morgan fingerprint density at radius 1 is 1.10 bits per heavy atom. The molecule has 1 saturated carbocycles. The third-order valence-electron chi connectivity index (χ3n) is 4.24. The number of amides is 4. The first-order valence-corrected chi connectivity index (χ1v) is 7.00. The first kappa shape index (κ1) is 13.7. The van der Waals surface area contributed by atoms with Gasteiger partial charge in [-0.05, 0) is 31.0 Å². The number of imide groups is 2. The van der Waals surface area contributed by atoms with Crippen LogP contribution in [0.5, 0.6) is 0 Å². The van der Waals surface area contributed by atoms with Crippen LogP contribution in [0.2, 0.25) is 0 Å². The van der Waals surface area contributed by atoms with Gasteiger partial charge in [-0.2, -0.15) is 0 Å². The number of anilines is 1. The van der Waals surface area contributed by atoms with E-state index in [9.17, 15) is 18.8 Å². The van der Waals surface area contributed by atoms with Gasteiger partial charge in [-0.25, -0.2) is 14.1 Å². The standard InChI is InChI=1S/C15H15FN2O3/c16-10-5-4-6-11(9-10)18-13(20)15(7-2-1-3-8-15)12(19)17-14(18)21/h4-6,9H,1-3,7-8H2,(H,17,19,21). The van der Waals surface area contributed by atoms with Crippen molar-refractivity contribution in [2.24, 2.45) is 5.41 Å². The number of halogens is 1. The molecule has 1 aliphatic carbocycles. The fraction of sp³-hybridized carbons (Fsp3) is 0.400. The van der Waals surface area contributed by atoms with Crippen molar-refractivity contribution >= 4 is 23.5 Å². The van der Waals surface area contributed by atoms with Gasteiger partial charge in [0.2, 0.25) is 5.91 Å². The maximum absolute atomic E-state index is 13.4. The van der Waals surface area contributed by atoms with Gasteiger partial charge >= 0.3 is 6.03 Å². The molecule has 2 aliphatic rings. The summed E-state index contributed by atoms with van der Waals surface area (Å²) < 4.78 is 13.4. The van der Waals surface area contributed by atoms with Gasteiger partial charge in [0.15, 0.2) is 0 Å². The topological polar surface area (TPSA) is 66.5 Å². The van der Waals surface area contributed by atoms with Crippen LogP contribution in [-0.4, -0.2) is 17.8 Å². The van der Waals surface area contributed by atoms with Gasteiger partial charge in [-0.15, -0.1) is 0 Å². The molecule has 5 nitrogen and oxygen atoms in total. The van der Waals surface area contributed by atoms with Crippen molar-refractivity contribution in [3.63, 3.8) is 0 Å². The Kier molecular flexibility index (Phi) is 3.23. The predicted octanol–water partition coefficient (Wildman–Crippen LogP) is 2.36. The van der Waals surface area contributed by atoms with Crippen LogP contribution in [0.4, 0.5) is 14.9 Å². The predicted molar refractivity (Wildman–Crippen MR) is 72.9 cm³/mol. The number of urea groups is 1. The van der Waals surface area contributed by atoms with Gasteiger partial charge in [-0.1, -0.05) is 25.3 Å². The van der Waals surface area contributed by atoms with E-state index in [-0.39, 0.29) is 5.69 Å². The summed E-state index contributed by atoms with van der Waals surface area (Å²) in [6.45, 7) is 0. The molecule has 0 bridgehead atoms. The zero-order valence-electron chi connectivity index (χ0n) is 11.4. The lowest BCUT2D eigenvalue weighted by atomic mass is 9.71. The molecule has 1 heterocycles. The second-order valence-electron chi connectivity index (χ2n) is 5.52. The molecule has 0 radical (unpaired) electrons. The SMILES string of the molecule is O=C1NC(=O)C2(CCCCC2)C(=O)N1c1cccc(F)c1. The van der Waals surface area contributed by atoms with Crippen LogP contribution in [-0.2, 0) is 9.59 Å². The van der Waals surface area contributed by atoms with Crippen LogP contribution in [0.3, 0.4) is 0 Å². The minimum Gasteiger partial charge on any atom is -0.276 e. The molecule has 1 aliphatic heterocycles. The van der Waals surface area contributed by atoms with Gasteiger partial charge in [-0.3, -0.25) is 14.9 Å². The van der Waals surface area contributed by atoms with E-state index in [1.54, 1.807) is 0 Å². The Balaban J connectivity index is 2.02. The van der Waals surface area contributed by atoms with E-state index in [2.05, 4.69) is 5.32 Å². The van der Waals surface area contributed by atoms with Crippen LogP contribution >= 0.6 is 0 Å². The summed E-state index contributed by atoms with van der Waals surface area (Å²) in [7, 11) is 0. The van der Waals surface area contributed by atoms with Crippen molar-refractivity contribution < 1.29 is 18.8 Å². The molecule has 1 saturated heterocycles. The Labute approximate surface area is 121 Å². The number of nitrogens with zero attached hydrogens (tertiary/aromatic N) is 1. The largest absolute Gasteiger partial charge is 0.335 e. The van der Waals surface area contributed by atoms with E-state index >= 15 is 0 Å². The van der Waals surface area contributed by atoms with Gasteiger partial charge in [0.25, 0.3) is 5.91 Å². The molecule has 0 unspecified atom stereocenters. The van der Waals surface area contributed by atoms with Crippen LogP contribution < -0.4 is 10.2 Å². The summed E-state index contributed by atoms with van der Waals surface area (Å²) in [6, 6.07) is 4.44. The minimum atomic E-state index is -1.18. The minimum absolute atomic E-state index is 0.148. The normalized spacial score (nSPS) is 21.6. The number of barbiturate groups is 1. The number of hydrogen-bond acceptors (Lipinski definition) is 3. The van der Waals surface area contributed by atoms with Crippen molar-refractivity contribution in [3.05, 3.63) is 30.1 Å². The van der Waals surface area contributed by atoms with Crippen LogP contribution in [0.15, 0.2) is 24.3 Å². The molecule has 21 heavy (non-hydrogen) atoms. The van der Waals surface area contributed by atoms with Gasteiger partial charge in [0.1, 0.15) is 11.2 Å². The average molecular weight is 290 g/mol. The molecule has 6 heteroatoms. The first-order chi connectivity index (χ1) is 10.0. The second-order valence-corrected chi connectivity index (χ2v) is 5.52. The maximum atomic E-state index is 13.4. The molecule has 4 amide bonds. The number of carbonyl (C=O) groups excluding carboxylic acids is 3. The summed E-state index contributed by atoms with van der Waals surface area (Å²) in [5.74, 6) is -1.60.